The van der Waals surface area contributed by atoms with Crippen molar-refractivity contribution in [2.24, 2.45) is 0 Å². The molecule has 5 aromatic rings. The predicted octanol–water partition coefficient (Wildman–Crippen LogP) is 5.07. The zero-order valence-electron chi connectivity index (χ0n) is 10.3. The van der Waals surface area contributed by atoms with Crippen LogP contribution in [0.25, 0.3) is 43.2 Å². The van der Waals surface area contributed by atoms with Gasteiger partial charge >= 0.3 is 0 Å². The van der Waals surface area contributed by atoms with Gasteiger partial charge in [-0.3, -0.25) is 0 Å². The molecule has 0 radical (unpaired) electrons. The Morgan fingerprint density at radius 1 is 0.632 bits per heavy atom. The van der Waals surface area contributed by atoms with E-state index in [9.17, 15) is 0 Å². The number of hydrogen-bond donors (Lipinski definition) is 1. The fourth-order valence-corrected chi connectivity index (χ4v) is 3.35. The summed E-state index contributed by atoms with van der Waals surface area (Å²) in [5.41, 5.74) is 1.21. The monoisotopic (exact) mass is 241 g/mol. The Balaban J connectivity index is 2.27. The lowest BCUT2D eigenvalue weighted by molar-refractivity contribution is 1.48. The van der Waals surface area contributed by atoms with Crippen LogP contribution in [-0.4, -0.2) is 4.98 Å². The quantitative estimate of drug-likeness (QED) is 0.364. The summed E-state index contributed by atoms with van der Waals surface area (Å²) in [4.78, 5) is 3.32. The second-order valence-electron chi connectivity index (χ2n) is 5.17. The molecule has 5 rings (SSSR count). The summed E-state index contributed by atoms with van der Waals surface area (Å²) in [6.07, 6.45) is 2.02. The Morgan fingerprint density at radius 3 is 2.32 bits per heavy atom. The highest BCUT2D eigenvalue weighted by molar-refractivity contribution is 6.28. The third-order valence-electron chi connectivity index (χ3n) is 4.18. The van der Waals surface area contributed by atoms with Crippen molar-refractivity contribution < 1.29 is 0 Å². The molecular formula is C18H11N. The van der Waals surface area contributed by atoms with E-state index in [1.54, 1.807) is 0 Å². The summed E-state index contributed by atoms with van der Waals surface area (Å²) in [6.45, 7) is 0. The lowest BCUT2D eigenvalue weighted by Crippen LogP contribution is -1.84. The highest BCUT2D eigenvalue weighted by Crippen LogP contribution is 2.37. The van der Waals surface area contributed by atoms with Gasteiger partial charge in [-0.2, -0.15) is 0 Å². The number of aromatic amines is 1. The second kappa shape index (κ2) is 3.07. The summed E-state index contributed by atoms with van der Waals surface area (Å²) in [7, 11) is 0. The van der Waals surface area contributed by atoms with E-state index in [0.29, 0.717) is 0 Å². The molecule has 1 N–H and O–H groups in total. The molecule has 1 aromatic heterocycles. The van der Waals surface area contributed by atoms with Crippen LogP contribution in [0, 0.1) is 0 Å². The molecule has 0 aliphatic heterocycles. The van der Waals surface area contributed by atoms with Gasteiger partial charge in [0.15, 0.2) is 0 Å². The van der Waals surface area contributed by atoms with E-state index in [1.807, 2.05) is 6.20 Å². The smallest absolute Gasteiger partial charge is 0.0466 e. The number of rotatable bonds is 0. The molecule has 0 saturated heterocycles. The Bertz CT molecular complexity index is 1040. The van der Waals surface area contributed by atoms with Gasteiger partial charge in [0.2, 0.25) is 0 Å². The van der Waals surface area contributed by atoms with Crippen LogP contribution in [0.4, 0.5) is 0 Å². The van der Waals surface area contributed by atoms with Crippen LogP contribution in [0.15, 0.2) is 60.8 Å². The summed E-state index contributed by atoms with van der Waals surface area (Å²) in [6, 6.07) is 19.9. The van der Waals surface area contributed by atoms with Crippen molar-refractivity contribution in [2.75, 3.05) is 0 Å². The molecule has 1 heterocycles. The van der Waals surface area contributed by atoms with Crippen molar-refractivity contribution >= 4 is 43.2 Å². The highest BCUT2D eigenvalue weighted by atomic mass is 14.7. The molecule has 0 saturated carbocycles. The minimum absolute atomic E-state index is 1.21. The van der Waals surface area contributed by atoms with Gasteiger partial charge in [0, 0.05) is 17.1 Å². The zero-order chi connectivity index (χ0) is 12.4. The minimum atomic E-state index is 1.21. The average molecular weight is 241 g/mol. The second-order valence-corrected chi connectivity index (χ2v) is 5.17. The number of benzene rings is 4. The summed E-state index contributed by atoms with van der Waals surface area (Å²) < 4.78 is 0. The first kappa shape index (κ1) is 9.40. The molecular weight excluding hydrogens is 230 g/mol. The standard InChI is InChI=1S/C18H11N/c1-2-11-4-5-13-10-16-14(8-9-19-16)15-7-6-12(3-1)17(11)18(13)15/h1-10,19H. The van der Waals surface area contributed by atoms with E-state index in [0.717, 1.165) is 0 Å². The molecule has 0 amide bonds. The number of aromatic nitrogens is 1. The van der Waals surface area contributed by atoms with E-state index >= 15 is 0 Å². The summed E-state index contributed by atoms with van der Waals surface area (Å²) in [5.74, 6) is 0. The highest BCUT2D eigenvalue weighted by Gasteiger charge is 2.10. The van der Waals surface area contributed by atoms with E-state index in [2.05, 4.69) is 59.6 Å². The van der Waals surface area contributed by atoms with Gasteiger partial charge < -0.3 is 4.98 Å². The van der Waals surface area contributed by atoms with Gasteiger partial charge in [0.25, 0.3) is 0 Å². The number of hydrogen-bond acceptors (Lipinski definition) is 0. The SMILES string of the molecule is c1cc2ccc3cc4[nH]ccc4c4ccc(c1)c2c34. The van der Waals surface area contributed by atoms with Crippen LogP contribution in [-0.2, 0) is 0 Å². The van der Waals surface area contributed by atoms with Gasteiger partial charge in [-0.05, 0) is 44.5 Å². The van der Waals surface area contributed by atoms with Gasteiger partial charge in [-0.25, -0.2) is 0 Å². The van der Waals surface area contributed by atoms with Crippen LogP contribution in [0.3, 0.4) is 0 Å². The van der Waals surface area contributed by atoms with Crippen LogP contribution in [0.2, 0.25) is 0 Å². The third-order valence-corrected chi connectivity index (χ3v) is 4.18. The molecule has 4 aromatic carbocycles. The first-order chi connectivity index (χ1) is 9.42. The molecule has 0 atom stereocenters. The maximum absolute atomic E-state index is 3.32. The number of nitrogens with one attached hydrogen (secondary N) is 1. The van der Waals surface area contributed by atoms with Crippen LogP contribution in [0.5, 0.6) is 0 Å². The van der Waals surface area contributed by atoms with Crippen molar-refractivity contribution in [1.82, 2.24) is 4.98 Å². The van der Waals surface area contributed by atoms with Gasteiger partial charge in [-0.1, -0.05) is 42.5 Å². The lowest BCUT2D eigenvalue weighted by Gasteiger charge is -2.11. The largest absolute Gasteiger partial charge is 0.361 e. The van der Waals surface area contributed by atoms with Gasteiger partial charge in [-0.15, -0.1) is 0 Å². The maximum Gasteiger partial charge on any atom is 0.0466 e. The van der Waals surface area contributed by atoms with Crippen LogP contribution < -0.4 is 0 Å². The Labute approximate surface area is 109 Å². The first-order valence-electron chi connectivity index (χ1n) is 6.55. The molecule has 0 fully saturated rings. The maximum atomic E-state index is 3.32. The van der Waals surface area contributed by atoms with Crippen LogP contribution in [0.1, 0.15) is 0 Å². The van der Waals surface area contributed by atoms with E-state index < -0.39 is 0 Å². The van der Waals surface area contributed by atoms with Gasteiger partial charge in [0.1, 0.15) is 0 Å². The Hall–Kier alpha value is -2.54. The van der Waals surface area contributed by atoms with E-state index in [1.165, 1.54) is 43.2 Å². The molecule has 88 valence electrons. The molecule has 0 aliphatic carbocycles. The molecule has 0 spiro atoms. The number of H-pyrrole nitrogens is 1. The first-order valence-corrected chi connectivity index (χ1v) is 6.55. The van der Waals surface area contributed by atoms with Crippen molar-refractivity contribution in [3.63, 3.8) is 0 Å². The van der Waals surface area contributed by atoms with Crippen molar-refractivity contribution in [3.05, 3.63) is 60.8 Å². The molecule has 0 bridgehead atoms. The molecule has 1 nitrogen and oxygen atoms in total. The number of fused-ring (bicyclic) bond motifs is 2. The normalized spacial score (nSPS) is 12.2. The Morgan fingerprint density at radius 2 is 1.42 bits per heavy atom. The Kier molecular flexibility index (Phi) is 1.52. The van der Waals surface area contributed by atoms with E-state index in [4.69, 9.17) is 0 Å². The fraction of sp³-hybridized carbons (Fsp3) is 0. The molecule has 1 heteroatoms. The molecule has 0 aliphatic rings. The summed E-state index contributed by atoms with van der Waals surface area (Å²) in [5, 5.41) is 9.40. The average Bonchev–Trinajstić information content (AvgIpc) is 2.92. The van der Waals surface area contributed by atoms with Crippen molar-refractivity contribution in [2.45, 2.75) is 0 Å². The predicted molar refractivity (Wildman–Crippen MR) is 82.0 cm³/mol. The van der Waals surface area contributed by atoms with Crippen LogP contribution >= 0.6 is 0 Å². The molecule has 0 unspecified atom stereocenters. The zero-order valence-corrected chi connectivity index (χ0v) is 10.3. The molecule has 19 heavy (non-hydrogen) atoms. The third kappa shape index (κ3) is 1.06. The van der Waals surface area contributed by atoms with Gasteiger partial charge in [0.05, 0.1) is 0 Å². The van der Waals surface area contributed by atoms with Crippen molar-refractivity contribution in [3.8, 4) is 0 Å². The van der Waals surface area contributed by atoms with E-state index in [-0.39, 0.29) is 0 Å². The van der Waals surface area contributed by atoms with Crippen molar-refractivity contribution in [1.29, 1.82) is 0 Å². The topological polar surface area (TPSA) is 15.8 Å². The summed E-state index contributed by atoms with van der Waals surface area (Å²) >= 11 is 0. The minimum Gasteiger partial charge on any atom is -0.361 e. The lowest BCUT2D eigenvalue weighted by atomic mass is 9.93. The fourth-order valence-electron chi connectivity index (χ4n) is 3.35.